The number of carbonyl (C=O) groups excluding carboxylic acids is 3. The van der Waals surface area contributed by atoms with E-state index in [0.29, 0.717) is 35.0 Å². The molecule has 0 aromatic heterocycles. The number of hydrogen-bond donors (Lipinski definition) is 3. The van der Waals surface area contributed by atoms with Crippen molar-refractivity contribution in [2.45, 2.75) is 38.6 Å². The van der Waals surface area contributed by atoms with E-state index in [2.05, 4.69) is 15.5 Å². The van der Waals surface area contributed by atoms with Crippen LogP contribution in [0.4, 0.5) is 11.4 Å². The minimum Gasteiger partial charge on any atom is -0.495 e. The summed E-state index contributed by atoms with van der Waals surface area (Å²) in [6.45, 7) is 3.52. The molecule has 8 heteroatoms. The average Bonchev–Trinajstić information content (AvgIpc) is 2.83. The second-order valence-corrected chi connectivity index (χ2v) is 8.41. The van der Waals surface area contributed by atoms with E-state index in [1.54, 1.807) is 43.5 Å². The maximum absolute atomic E-state index is 12.8. The van der Waals surface area contributed by atoms with Gasteiger partial charge < -0.3 is 21.1 Å². The summed E-state index contributed by atoms with van der Waals surface area (Å²) in [5.74, 6) is 0.316. The molecule has 0 aliphatic carbocycles. The van der Waals surface area contributed by atoms with Gasteiger partial charge in [0.25, 0.3) is 5.91 Å². The number of hydrogen-bond acceptors (Lipinski definition) is 5. The monoisotopic (exact) mass is 452 g/mol. The zero-order valence-electron chi connectivity index (χ0n) is 19.2. The number of nitrogens with zero attached hydrogens (tertiary/aromatic N) is 1. The van der Waals surface area contributed by atoms with E-state index in [4.69, 9.17) is 10.5 Å². The van der Waals surface area contributed by atoms with Crippen LogP contribution < -0.4 is 21.1 Å². The Labute approximate surface area is 194 Å². The lowest BCUT2D eigenvalue weighted by molar-refractivity contribution is -0.122. The number of benzene rings is 2. The summed E-state index contributed by atoms with van der Waals surface area (Å²) in [4.78, 5) is 38.6. The molecule has 1 saturated heterocycles. The van der Waals surface area contributed by atoms with Gasteiger partial charge >= 0.3 is 0 Å². The molecule has 1 aliphatic heterocycles. The summed E-state index contributed by atoms with van der Waals surface area (Å²) in [6, 6.07) is 13.7. The van der Waals surface area contributed by atoms with E-state index in [-0.39, 0.29) is 23.8 Å². The van der Waals surface area contributed by atoms with Gasteiger partial charge in [0.1, 0.15) is 5.75 Å². The van der Waals surface area contributed by atoms with Gasteiger partial charge in [-0.3, -0.25) is 19.3 Å². The van der Waals surface area contributed by atoms with E-state index in [1.165, 1.54) is 0 Å². The van der Waals surface area contributed by atoms with Crippen LogP contribution in [0.2, 0.25) is 0 Å². The molecule has 2 atom stereocenters. The zero-order chi connectivity index (χ0) is 23.8. The molecule has 0 unspecified atom stereocenters. The van der Waals surface area contributed by atoms with Gasteiger partial charge in [0, 0.05) is 24.2 Å². The predicted octanol–water partition coefficient (Wildman–Crippen LogP) is 3.25. The van der Waals surface area contributed by atoms with E-state index in [0.717, 1.165) is 32.4 Å². The van der Waals surface area contributed by atoms with Crippen molar-refractivity contribution in [3.63, 3.8) is 0 Å². The smallest absolute Gasteiger partial charge is 0.255 e. The normalized spacial score (nSPS) is 17.1. The molecule has 1 fully saturated rings. The first-order valence-electron chi connectivity index (χ1n) is 11.2. The Kier molecular flexibility index (Phi) is 8.43. The number of amides is 3. The summed E-state index contributed by atoms with van der Waals surface area (Å²) < 4.78 is 5.26. The Balaban J connectivity index is 1.55. The molecule has 2 aromatic carbocycles. The summed E-state index contributed by atoms with van der Waals surface area (Å²) in [7, 11) is 1.55. The molecule has 2 aromatic rings. The Morgan fingerprint density at radius 1 is 1.12 bits per heavy atom. The number of nitrogens with one attached hydrogen (secondary N) is 2. The molecule has 8 nitrogen and oxygen atoms in total. The molecule has 4 N–H and O–H groups in total. The second-order valence-electron chi connectivity index (χ2n) is 8.41. The number of likely N-dealkylation sites (tertiary alicyclic amines) is 1. The molecule has 0 saturated carbocycles. The van der Waals surface area contributed by atoms with Gasteiger partial charge in [-0.1, -0.05) is 12.1 Å². The highest BCUT2D eigenvalue weighted by atomic mass is 16.5. The Morgan fingerprint density at radius 2 is 1.85 bits per heavy atom. The quantitative estimate of drug-likeness (QED) is 0.540. The van der Waals surface area contributed by atoms with Crippen LogP contribution in [0, 0.1) is 5.92 Å². The lowest BCUT2D eigenvalue weighted by Gasteiger charge is -2.36. The van der Waals surface area contributed by atoms with Gasteiger partial charge in [0.15, 0.2) is 0 Å². The number of methoxy groups -OCH3 is 1. The van der Waals surface area contributed by atoms with E-state index in [9.17, 15) is 14.4 Å². The second kappa shape index (κ2) is 11.5. The number of rotatable bonds is 9. The Bertz CT molecular complexity index is 977. The molecule has 0 radical (unpaired) electrons. The SMILES string of the molecule is COc1ccccc1NC(=O)c1ccc(NC(=O)[C@@H](C)N2CCC[C@H](CCC(N)=O)C2)cc1. The summed E-state index contributed by atoms with van der Waals surface area (Å²) in [5, 5.41) is 5.77. The number of ether oxygens (including phenoxy) is 1. The molecular weight excluding hydrogens is 420 g/mol. The largest absolute Gasteiger partial charge is 0.495 e. The zero-order valence-corrected chi connectivity index (χ0v) is 19.2. The van der Waals surface area contributed by atoms with Crippen LogP contribution in [0.1, 0.15) is 43.0 Å². The number of nitrogens with two attached hydrogens (primary N) is 1. The van der Waals surface area contributed by atoms with Gasteiger partial charge in [-0.15, -0.1) is 0 Å². The fourth-order valence-electron chi connectivity index (χ4n) is 4.09. The van der Waals surface area contributed by atoms with Crippen molar-refractivity contribution in [2.24, 2.45) is 11.7 Å². The third-order valence-electron chi connectivity index (χ3n) is 6.05. The predicted molar refractivity (Wildman–Crippen MR) is 128 cm³/mol. The van der Waals surface area contributed by atoms with E-state index >= 15 is 0 Å². The maximum atomic E-state index is 12.8. The van der Waals surface area contributed by atoms with Crippen molar-refractivity contribution in [3.05, 3.63) is 54.1 Å². The summed E-state index contributed by atoms with van der Waals surface area (Å²) in [5.41, 5.74) is 6.96. The first kappa shape index (κ1) is 24.3. The average molecular weight is 453 g/mol. The van der Waals surface area contributed by atoms with Crippen LogP contribution in [0.5, 0.6) is 5.75 Å². The standard InChI is InChI=1S/C25H32N4O4/c1-17(29-15-5-6-18(16-29)9-14-23(26)30)24(31)27-20-12-10-19(11-13-20)25(32)28-21-7-3-4-8-22(21)33-2/h3-4,7-8,10-13,17-18H,5-6,9,14-16H2,1-2H3,(H2,26,30)(H,27,31)(H,28,32)/t17-,18-/m1/s1. The van der Waals surface area contributed by atoms with Crippen molar-refractivity contribution in [1.29, 1.82) is 0 Å². The third-order valence-corrected chi connectivity index (χ3v) is 6.05. The van der Waals surface area contributed by atoms with Gasteiger partial charge in [0.05, 0.1) is 18.8 Å². The minimum atomic E-state index is -0.296. The molecule has 3 amide bonds. The van der Waals surface area contributed by atoms with Crippen LogP contribution >= 0.6 is 0 Å². The van der Waals surface area contributed by atoms with Crippen molar-refractivity contribution < 1.29 is 19.1 Å². The van der Waals surface area contributed by atoms with E-state index < -0.39 is 0 Å². The molecule has 3 rings (SSSR count). The molecule has 176 valence electrons. The molecule has 0 bridgehead atoms. The van der Waals surface area contributed by atoms with Crippen molar-refractivity contribution in [1.82, 2.24) is 4.90 Å². The number of carbonyl (C=O) groups is 3. The first-order valence-corrected chi connectivity index (χ1v) is 11.2. The first-order chi connectivity index (χ1) is 15.9. The summed E-state index contributed by atoms with van der Waals surface area (Å²) in [6.07, 6.45) is 3.20. The van der Waals surface area contributed by atoms with Crippen LogP contribution in [0.15, 0.2) is 48.5 Å². The molecule has 0 spiro atoms. The maximum Gasteiger partial charge on any atom is 0.255 e. The number of anilines is 2. The Hall–Kier alpha value is -3.39. The highest BCUT2D eigenvalue weighted by Crippen LogP contribution is 2.25. The topological polar surface area (TPSA) is 114 Å². The number of para-hydroxylation sites is 2. The Morgan fingerprint density at radius 3 is 2.55 bits per heavy atom. The van der Waals surface area contributed by atoms with E-state index in [1.807, 2.05) is 19.1 Å². The lowest BCUT2D eigenvalue weighted by Crippen LogP contribution is -2.47. The van der Waals surface area contributed by atoms with Gasteiger partial charge in [-0.25, -0.2) is 0 Å². The van der Waals surface area contributed by atoms with Crippen LogP contribution in [-0.2, 0) is 9.59 Å². The minimum absolute atomic E-state index is 0.100. The lowest BCUT2D eigenvalue weighted by atomic mass is 9.92. The highest BCUT2D eigenvalue weighted by Gasteiger charge is 2.27. The third kappa shape index (κ3) is 6.79. The van der Waals surface area contributed by atoms with Crippen LogP contribution in [0.25, 0.3) is 0 Å². The van der Waals surface area contributed by atoms with Crippen molar-refractivity contribution in [3.8, 4) is 5.75 Å². The van der Waals surface area contributed by atoms with Gasteiger partial charge in [-0.2, -0.15) is 0 Å². The van der Waals surface area contributed by atoms with Crippen molar-refractivity contribution >= 4 is 29.1 Å². The van der Waals surface area contributed by atoms with Crippen LogP contribution in [0.3, 0.4) is 0 Å². The molecule has 33 heavy (non-hydrogen) atoms. The number of piperidine rings is 1. The van der Waals surface area contributed by atoms with Crippen LogP contribution in [-0.4, -0.2) is 48.9 Å². The molecule has 1 aliphatic rings. The molecule has 1 heterocycles. The van der Waals surface area contributed by atoms with Gasteiger partial charge in [0.2, 0.25) is 11.8 Å². The van der Waals surface area contributed by atoms with Gasteiger partial charge in [-0.05, 0) is 75.0 Å². The summed E-state index contributed by atoms with van der Waals surface area (Å²) >= 11 is 0. The van der Waals surface area contributed by atoms with Crippen molar-refractivity contribution in [2.75, 3.05) is 30.8 Å². The highest BCUT2D eigenvalue weighted by molar-refractivity contribution is 6.05. The fraction of sp³-hybridized carbons (Fsp3) is 0.400. The number of primary amides is 1. The fourth-order valence-corrected chi connectivity index (χ4v) is 4.09. The molecular formula is C25H32N4O4.